The van der Waals surface area contributed by atoms with Crippen molar-refractivity contribution in [3.63, 3.8) is 0 Å². The van der Waals surface area contributed by atoms with E-state index in [4.69, 9.17) is 10.5 Å². The fourth-order valence-electron chi connectivity index (χ4n) is 2.20. The highest BCUT2D eigenvalue weighted by atomic mass is 16.5. The molecule has 2 heteroatoms. The normalized spacial score (nSPS) is 18.3. The van der Waals surface area contributed by atoms with Gasteiger partial charge < -0.3 is 10.5 Å². The van der Waals surface area contributed by atoms with Crippen LogP contribution in [0.3, 0.4) is 0 Å². The third kappa shape index (κ3) is 2.00. The summed E-state index contributed by atoms with van der Waals surface area (Å²) in [5, 5.41) is 0. The second kappa shape index (κ2) is 4.23. The minimum Gasteiger partial charge on any atom is -0.497 e. The van der Waals surface area contributed by atoms with Crippen LogP contribution >= 0.6 is 0 Å². The van der Waals surface area contributed by atoms with Crippen LogP contribution in [0.25, 0.3) is 0 Å². The second-order valence-electron chi connectivity index (χ2n) is 4.44. The standard InChI is InChI=1S/C13H19NO/c1-9-8-11(15-2)6-7-12(9)13(14)10-4-3-5-10/h6-8,10,13H,3-5,14H2,1-2H3/t13-/m0/s1. The molecule has 2 N–H and O–H groups in total. The Morgan fingerprint density at radius 2 is 2.13 bits per heavy atom. The van der Waals surface area contributed by atoms with Crippen molar-refractivity contribution in [2.45, 2.75) is 32.2 Å². The predicted octanol–water partition coefficient (Wildman–Crippen LogP) is 2.80. The molecule has 0 unspecified atom stereocenters. The number of hydrogen-bond acceptors (Lipinski definition) is 2. The summed E-state index contributed by atoms with van der Waals surface area (Å²) < 4.78 is 5.19. The molecule has 0 radical (unpaired) electrons. The molecule has 0 bridgehead atoms. The van der Waals surface area contributed by atoms with E-state index in [9.17, 15) is 0 Å². The Morgan fingerprint density at radius 3 is 2.60 bits per heavy atom. The van der Waals surface area contributed by atoms with E-state index in [2.05, 4.69) is 19.1 Å². The van der Waals surface area contributed by atoms with E-state index in [1.54, 1.807) is 7.11 Å². The molecule has 0 heterocycles. The number of benzene rings is 1. The van der Waals surface area contributed by atoms with Crippen molar-refractivity contribution in [2.75, 3.05) is 7.11 Å². The Morgan fingerprint density at radius 1 is 1.40 bits per heavy atom. The zero-order chi connectivity index (χ0) is 10.8. The molecule has 2 nitrogen and oxygen atoms in total. The third-order valence-electron chi connectivity index (χ3n) is 3.49. The first-order chi connectivity index (χ1) is 7.22. The molecule has 1 fully saturated rings. The molecule has 0 saturated heterocycles. The molecular weight excluding hydrogens is 186 g/mol. The molecule has 15 heavy (non-hydrogen) atoms. The Hall–Kier alpha value is -1.02. The smallest absolute Gasteiger partial charge is 0.119 e. The summed E-state index contributed by atoms with van der Waals surface area (Å²) in [6.45, 7) is 2.11. The van der Waals surface area contributed by atoms with Crippen LogP contribution in [0.15, 0.2) is 18.2 Å². The lowest BCUT2D eigenvalue weighted by Crippen LogP contribution is -2.27. The monoisotopic (exact) mass is 205 g/mol. The Balaban J connectivity index is 2.19. The molecule has 2 rings (SSSR count). The van der Waals surface area contributed by atoms with Gasteiger partial charge in [0.1, 0.15) is 5.75 Å². The summed E-state index contributed by atoms with van der Waals surface area (Å²) in [5.41, 5.74) is 8.77. The number of ether oxygens (including phenoxy) is 1. The molecule has 82 valence electrons. The van der Waals surface area contributed by atoms with Crippen LogP contribution in [-0.2, 0) is 0 Å². The van der Waals surface area contributed by atoms with Crippen molar-refractivity contribution < 1.29 is 4.74 Å². The maximum Gasteiger partial charge on any atom is 0.119 e. The van der Waals surface area contributed by atoms with Gasteiger partial charge in [-0.1, -0.05) is 12.5 Å². The summed E-state index contributed by atoms with van der Waals surface area (Å²) in [7, 11) is 1.69. The van der Waals surface area contributed by atoms with Gasteiger partial charge in [0.05, 0.1) is 7.11 Å². The molecule has 1 aromatic rings. The maximum atomic E-state index is 6.25. The molecule has 0 aromatic heterocycles. The van der Waals surface area contributed by atoms with Gasteiger partial charge in [0, 0.05) is 6.04 Å². The Bertz CT molecular complexity index is 344. The highest BCUT2D eigenvalue weighted by Crippen LogP contribution is 2.37. The van der Waals surface area contributed by atoms with Crippen molar-refractivity contribution in [2.24, 2.45) is 11.7 Å². The van der Waals surface area contributed by atoms with Gasteiger partial charge in [0.15, 0.2) is 0 Å². The maximum absolute atomic E-state index is 6.25. The quantitative estimate of drug-likeness (QED) is 0.823. The number of aryl methyl sites for hydroxylation is 1. The van der Waals surface area contributed by atoms with Crippen LogP contribution in [0.2, 0.25) is 0 Å². The van der Waals surface area contributed by atoms with Crippen LogP contribution in [0.4, 0.5) is 0 Å². The van der Waals surface area contributed by atoms with Gasteiger partial charge in [-0.15, -0.1) is 0 Å². The van der Waals surface area contributed by atoms with E-state index in [-0.39, 0.29) is 6.04 Å². The lowest BCUT2D eigenvalue weighted by Gasteiger charge is -2.32. The number of hydrogen-bond donors (Lipinski definition) is 1. The summed E-state index contributed by atoms with van der Waals surface area (Å²) in [6, 6.07) is 6.39. The summed E-state index contributed by atoms with van der Waals surface area (Å²) in [6.07, 6.45) is 3.91. The molecule has 0 aliphatic heterocycles. The van der Waals surface area contributed by atoms with Crippen molar-refractivity contribution in [1.29, 1.82) is 0 Å². The van der Waals surface area contributed by atoms with Crippen molar-refractivity contribution in [3.05, 3.63) is 29.3 Å². The fourth-order valence-corrected chi connectivity index (χ4v) is 2.20. The minimum absolute atomic E-state index is 0.213. The zero-order valence-electron chi connectivity index (χ0n) is 9.49. The number of rotatable bonds is 3. The average Bonchev–Trinajstić information content (AvgIpc) is 2.14. The summed E-state index contributed by atoms with van der Waals surface area (Å²) in [5.74, 6) is 1.61. The third-order valence-corrected chi connectivity index (χ3v) is 3.49. The van der Waals surface area contributed by atoms with Gasteiger partial charge in [-0.3, -0.25) is 0 Å². The molecule has 0 spiro atoms. The van der Waals surface area contributed by atoms with Crippen molar-refractivity contribution >= 4 is 0 Å². The molecular formula is C13H19NO. The number of methoxy groups -OCH3 is 1. The van der Waals surface area contributed by atoms with Crippen LogP contribution in [0.1, 0.15) is 36.4 Å². The first-order valence-electron chi connectivity index (χ1n) is 5.62. The topological polar surface area (TPSA) is 35.2 Å². The van der Waals surface area contributed by atoms with Gasteiger partial charge in [-0.05, 0) is 48.9 Å². The van der Waals surface area contributed by atoms with Gasteiger partial charge in [-0.2, -0.15) is 0 Å². The van der Waals surface area contributed by atoms with Gasteiger partial charge in [0.25, 0.3) is 0 Å². The molecule has 1 aliphatic carbocycles. The Labute approximate surface area is 91.4 Å². The van der Waals surface area contributed by atoms with Crippen LogP contribution in [0.5, 0.6) is 5.75 Å². The van der Waals surface area contributed by atoms with E-state index in [1.165, 1.54) is 30.4 Å². The van der Waals surface area contributed by atoms with Crippen molar-refractivity contribution in [1.82, 2.24) is 0 Å². The second-order valence-corrected chi connectivity index (χ2v) is 4.44. The Kier molecular flexibility index (Phi) is 2.96. The molecule has 1 atom stereocenters. The number of nitrogens with two attached hydrogens (primary N) is 1. The van der Waals surface area contributed by atoms with Crippen LogP contribution < -0.4 is 10.5 Å². The average molecular weight is 205 g/mol. The molecule has 1 aromatic carbocycles. The van der Waals surface area contributed by atoms with Gasteiger partial charge in [0.2, 0.25) is 0 Å². The predicted molar refractivity (Wildman–Crippen MR) is 62.0 cm³/mol. The largest absolute Gasteiger partial charge is 0.497 e. The summed E-state index contributed by atoms with van der Waals surface area (Å²) in [4.78, 5) is 0. The first kappa shape index (κ1) is 10.5. The van der Waals surface area contributed by atoms with Crippen LogP contribution in [0, 0.1) is 12.8 Å². The molecule has 1 aliphatic rings. The van der Waals surface area contributed by atoms with Gasteiger partial charge >= 0.3 is 0 Å². The lowest BCUT2D eigenvalue weighted by molar-refractivity contribution is 0.263. The van der Waals surface area contributed by atoms with E-state index in [0.29, 0.717) is 5.92 Å². The van der Waals surface area contributed by atoms with E-state index < -0.39 is 0 Å². The molecule has 0 amide bonds. The molecule has 1 saturated carbocycles. The van der Waals surface area contributed by atoms with E-state index in [0.717, 1.165) is 5.75 Å². The first-order valence-corrected chi connectivity index (χ1v) is 5.62. The highest BCUT2D eigenvalue weighted by molar-refractivity contribution is 5.36. The van der Waals surface area contributed by atoms with E-state index in [1.807, 2.05) is 6.07 Å². The highest BCUT2D eigenvalue weighted by Gasteiger charge is 2.26. The lowest BCUT2D eigenvalue weighted by atomic mass is 9.77. The SMILES string of the molecule is COc1ccc([C@@H](N)C2CCC2)c(C)c1. The zero-order valence-corrected chi connectivity index (χ0v) is 9.49. The van der Waals surface area contributed by atoms with E-state index >= 15 is 0 Å². The van der Waals surface area contributed by atoms with Crippen LogP contribution in [-0.4, -0.2) is 7.11 Å². The van der Waals surface area contributed by atoms with Gasteiger partial charge in [-0.25, -0.2) is 0 Å². The fraction of sp³-hybridized carbons (Fsp3) is 0.538. The summed E-state index contributed by atoms with van der Waals surface area (Å²) >= 11 is 0. The van der Waals surface area contributed by atoms with Crippen molar-refractivity contribution in [3.8, 4) is 5.75 Å². The minimum atomic E-state index is 0.213.